The molecule has 0 spiro atoms. The van der Waals surface area contributed by atoms with Gasteiger partial charge in [-0.1, -0.05) is 80.5 Å². The lowest BCUT2D eigenvalue weighted by Crippen LogP contribution is -2.35. The van der Waals surface area contributed by atoms with Crippen molar-refractivity contribution in [1.29, 1.82) is 0 Å². The molecule has 0 radical (unpaired) electrons. The van der Waals surface area contributed by atoms with Crippen LogP contribution >= 0.6 is 0 Å². The fourth-order valence-electron chi connectivity index (χ4n) is 4.18. The summed E-state index contributed by atoms with van der Waals surface area (Å²) >= 11 is 0. The third kappa shape index (κ3) is 10.7. The van der Waals surface area contributed by atoms with Gasteiger partial charge in [0, 0.05) is 16.8 Å². The molecule has 3 rings (SSSR count). The van der Waals surface area contributed by atoms with E-state index in [1.807, 2.05) is 45.9 Å². The molecule has 3 aromatic rings. The minimum absolute atomic E-state index is 0.0398. The Morgan fingerprint density at radius 2 is 1.16 bits per heavy atom. The molecule has 0 heterocycles. The Kier molecular flexibility index (Phi) is 13.3. The van der Waals surface area contributed by atoms with E-state index in [0.717, 1.165) is 11.1 Å². The van der Waals surface area contributed by atoms with Gasteiger partial charge in [-0.05, 0) is 61.1 Å². The number of primary sulfonamides is 1. The van der Waals surface area contributed by atoms with Crippen LogP contribution in [0.4, 0.5) is 10.5 Å². The van der Waals surface area contributed by atoms with Crippen LogP contribution in [-0.2, 0) is 29.7 Å². The quantitative estimate of drug-likeness (QED) is 0.189. The van der Waals surface area contributed by atoms with Crippen molar-refractivity contribution in [2.45, 2.75) is 63.2 Å². The fraction of sp³-hybridized carbons (Fsp3) is 0.323. The predicted octanol–water partition coefficient (Wildman–Crippen LogP) is 5.52. The van der Waals surface area contributed by atoms with Gasteiger partial charge in [0.05, 0.1) is 21.2 Å². The fourth-order valence-corrected chi connectivity index (χ4v) is 5.69. The van der Waals surface area contributed by atoms with E-state index in [2.05, 4.69) is 25.2 Å². The van der Waals surface area contributed by atoms with Crippen molar-refractivity contribution in [3.8, 4) is 0 Å². The highest BCUT2D eigenvalue weighted by Crippen LogP contribution is 2.32. The van der Waals surface area contributed by atoms with Crippen LogP contribution < -0.4 is 15.2 Å². The second-order valence-electron chi connectivity index (χ2n) is 10.5. The third-order valence-corrected chi connectivity index (χ3v) is 8.68. The molecule has 0 aliphatic carbocycles. The summed E-state index contributed by atoms with van der Waals surface area (Å²) in [7, 11) is -4.91. The summed E-state index contributed by atoms with van der Waals surface area (Å²) in [6.07, 6.45) is 0. The summed E-state index contributed by atoms with van der Waals surface area (Å²) in [5.41, 5.74) is 4.88. The van der Waals surface area contributed by atoms with Gasteiger partial charge in [-0.15, -0.1) is 0 Å². The van der Waals surface area contributed by atoms with Gasteiger partial charge in [0.15, 0.2) is 0 Å². The Labute approximate surface area is 265 Å². The molecule has 0 saturated carbocycles. The molecular formula is C31H41N5O7S2. The number of nitrogens with one attached hydrogen (secondary N) is 2. The Balaban J connectivity index is 0.000000394. The van der Waals surface area contributed by atoms with Gasteiger partial charge in [-0.2, -0.15) is 0 Å². The zero-order chi connectivity index (χ0) is 33.9. The number of hydrogen-bond acceptors (Lipinski definition) is 9. The average molecular weight is 660 g/mol. The van der Waals surface area contributed by atoms with E-state index in [1.165, 1.54) is 38.5 Å². The molecule has 244 valence electrons. The molecule has 4 N–H and O–H groups in total. The lowest BCUT2D eigenvalue weighted by molar-refractivity contribution is 0.213. The van der Waals surface area contributed by atoms with E-state index < -0.39 is 26.1 Å². The topological polar surface area (TPSA) is 179 Å². The molecule has 14 heteroatoms. The van der Waals surface area contributed by atoms with E-state index >= 15 is 0 Å². The number of rotatable bonds is 10. The molecule has 2 amide bonds. The van der Waals surface area contributed by atoms with Gasteiger partial charge in [0.25, 0.3) is 10.0 Å². The maximum absolute atomic E-state index is 12.8. The van der Waals surface area contributed by atoms with Gasteiger partial charge in [0.1, 0.15) is 14.2 Å². The summed E-state index contributed by atoms with van der Waals surface area (Å²) < 4.78 is 49.8. The number of hydrogen-bond donors (Lipinski definition) is 3. The molecule has 0 atom stereocenters. The number of urea groups is 1. The summed E-state index contributed by atoms with van der Waals surface area (Å²) in [6.45, 7) is 11.5. The first-order valence-corrected chi connectivity index (χ1v) is 16.9. The maximum Gasteiger partial charge on any atom is 0.333 e. The molecule has 0 saturated heterocycles. The van der Waals surface area contributed by atoms with Crippen LogP contribution in [0, 0.1) is 0 Å². The first kappa shape index (κ1) is 36.9. The molecule has 0 aliphatic heterocycles. The van der Waals surface area contributed by atoms with Crippen LogP contribution in [-0.4, -0.2) is 48.5 Å². The average Bonchev–Trinajstić information content (AvgIpc) is 2.97. The Bertz CT molecular complexity index is 1740. The standard InChI is InChI=1S/C22H29N3O4S.C9H12N2O3S/c1-14(2)19-11-8-12-20(15(3)4)21(19)23-22(26)25-30(27,28)18-10-7-9-17(13-18)16(5)24-29-6;1-7(11-14-2)8-4-3-5-9(6-8)15(10,12)13/h7-15H,1-6H3,(H2,23,25,26);3-6H,1-2H3,(H2,10,12,13)/b24-16+;11-7+. The number of amides is 2. The van der Waals surface area contributed by atoms with Crippen LogP contribution in [0.5, 0.6) is 0 Å². The second kappa shape index (κ2) is 16.2. The number of para-hydroxylation sites is 1. The van der Waals surface area contributed by atoms with Crippen molar-refractivity contribution in [2.24, 2.45) is 15.5 Å². The SMILES string of the molecule is CO/N=C(\C)c1cccc(S(=O)(=O)NC(=O)Nc2c(C(C)C)cccc2C(C)C)c1.CO/N=C(\C)c1cccc(S(N)(=O)=O)c1. The Morgan fingerprint density at radius 1 is 0.733 bits per heavy atom. The van der Waals surface area contributed by atoms with E-state index in [9.17, 15) is 21.6 Å². The number of nitrogens with two attached hydrogens (primary N) is 1. The van der Waals surface area contributed by atoms with E-state index in [4.69, 9.17) is 9.98 Å². The molecule has 0 aromatic heterocycles. The monoisotopic (exact) mass is 659 g/mol. The third-order valence-electron chi connectivity index (χ3n) is 6.44. The van der Waals surface area contributed by atoms with Crippen LogP contribution in [0.3, 0.4) is 0 Å². The highest BCUT2D eigenvalue weighted by Gasteiger charge is 2.21. The molecule has 45 heavy (non-hydrogen) atoms. The highest BCUT2D eigenvalue weighted by atomic mass is 32.2. The van der Waals surface area contributed by atoms with Crippen molar-refractivity contribution < 1.29 is 31.3 Å². The zero-order valence-electron chi connectivity index (χ0n) is 26.7. The number of anilines is 1. The second-order valence-corrected chi connectivity index (χ2v) is 13.7. The maximum atomic E-state index is 12.8. The number of nitrogens with zero attached hydrogens (tertiary/aromatic N) is 2. The number of benzene rings is 3. The predicted molar refractivity (Wildman–Crippen MR) is 177 cm³/mol. The van der Waals surface area contributed by atoms with Crippen molar-refractivity contribution in [3.63, 3.8) is 0 Å². The van der Waals surface area contributed by atoms with Crippen molar-refractivity contribution in [3.05, 3.63) is 89.0 Å². The molecule has 0 fully saturated rings. The molecule has 0 bridgehead atoms. The van der Waals surface area contributed by atoms with Crippen molar-refractivity contribution in [1.82, 2.24) is 4.72 Å². The van der Waals surface area contributed by atoms with Gasteiger partial charge in [0.2, 0.25) is 10.0 Å². The van der Waals surface area contributed by atoms with Crippen LogP contribution in [0.1, 0.15) is 75.6 Å². The van der Waals surface area contributed by atoms with Gasteiger partial charge in [-0.3, -0.25) is 0 Å². The van der Waals surface area contributed by atoms with Crippen molar-refractivity contribution >= 4 is 43.2 Å². The summed E-state index contributed by atoms with van der Waals surface area (Å²) in [5, 5.41) is 15.3. The van der Waals surface area contributed by atoms with Gasteiger partial charge in [-0.25, -0.2) is 31.5 Å². The minimum atomic E-state index is -4.07. The molecule has 3 aromatic carbocycles. The Hall–Kier alpha value is -4.27. The highest BCUT2D eigenvalue weighted by molar-refractivity contribution is 7.90. The van der Waals surface area contributed by atoms with Crippen molar-refractivity contribution in [2.75, 3.05) is 19.5 Å². The number of sulfonamides is 2. The molecule has 12 nitrogen and oxygen atoms in total. The number of carbonyl (C=O) groups is 1. The van der Waals surface area contributed by atoms with Crippen LogP contribution in [0.2, 0.25) is 0 Å². The summed E-state index contributed by atoms with van der Waals surface area (Å²) in [5.74, 6) is 0.325. The van der Waals surface area contributed by atoms with Gasteiger partial charge < -0.3 is 15.0 Å². The van der Waals surface area contributed by atoms with Crippen LogP contribution in [0.25, 0.3) is 0 Å². The minimum Gasteiger partial charge on any atom is -0.399 e. The smallest absolute Gasteiger partial charge is 0.333 e. The van der Waals surface area contributed by atoms with E-state index in [1.54, 1.807) is 38.1 Å². The van der Waals surface area contributed by atoms with E-state index in [-0.39, 0.29) is 21.6 Å². The normalized spacial score (nSPS) is 12.3. The lowest BCUT2D eigenvalue weighted by Gasteiger charge is -2.20. The Morgan fingerprint density at radius 3 is 1.58 bits per heavy atom. The van der Waals surface area contributed by atoms with Gasteiger partial charge >= 0.3 is 6.03 Å². The number of carbonyl (C=O) groups excluding carboxylic acids is 1. The number of oxime groups is 2. The zero-order valence-corrected chi connectivity index (χ0v) is 28.3. The summed E-state index contributed by atoms with van der Waals surface area (Å²) in [6, 6.07) is 17.4. The molecular weight excluding hydrogens is 619 g/mol. The molecule has 0 unspecified atom stereocenters. The molecule has 0 aliphatic rings. The van der Waals surface area contributed by atoms with Crippen LogP contribution in [0.15, 0.2) is 86.8 Å². The first-order valence-electron chi connectivity index (χ1n) is 13.9. The summed E-state index contributed by atoms with van der Waals surface area (Å²) in [4.78, 5) is 22.0. The first-order chi connectivity index (χ1) is 21.0. The van der Waals surface area contributed by atoms with E-state index in [0.29, 0.717) is 28.2 Å². The lowest BCUT2D eigenvalue weighted by atomic mass is 9.93. The largest absolute Gasteiger partial charge is 0.399 e.